The van der Waals surface area contributed by atoms with Crippen molar-refractivity contribution >= 4 is 5.91 Å². The SMILES string of the molecule is Cc1cnn(C[C@@H]2CCCCN2C(=O)[C@H]2CC=CCC2)c1. The molecular weight excluding hydrogens is 262 g/mol. The second kappa shape index (κ2) is 6.46. The van der Waals surface area contributed by atoms with E-state index in [1.54, 1.807) is 0 Å². The minimum absolute atomic E-state index is 0.204. The number of hydrogen-bond acceptors (Lipinski definition) is 2. The van der Waals surface area contributed by atoms with E-state index in [2.05, 4.69) is 35.3 Å². The lowest BCUT2D eigenvalue weighted by Crippen LogP contribution is -2.48. The molecule has 2 aliphatic rings. The van der Waals surface area contributed by atoms with E-state index in [9.17, 15) is 4.79 Å². The molecule has 0 bridgehead atoms. The molecule has 0 N–H and O–H groups in total. The first kappa shape index (κ1) is 14.4. The molecule has 0 radical (unpaired) electrons. The summed E-state index contributed by atoms with van der Waals surface area (Å²) in [7, 11) is 0. The Morgan fingerprint density at radius 2 is 2.24 bits per heavy atom. The van der Waals surface area contributed by atoms with Gasteiger partial charge in [0, 0.05) is 18.7 Å². The highest BCUT2D eigenvalue weighted by atomic mass is 16.2. The van der Waals surface area contributed by atoms with E-state index in [0.717, 1.165) is 45.2 Å². The Morgan fingerprint density at radius 1 is 1.33 bits per heavy atom. The van der Waals surface area contributed by atoms with Crippen LogP contribution < -0.4 is 0 Å². The summed E-state index contributed by atoms with van der Waals surface area (Å²) in [4.78, 5) is 15.0. The Labute approximate surface area is 126 Å². The third kappa shape index (κ3) is 3.36. The normalized spacial score (nSPS) is 26.0. The molecule has 0 spiro atoms. The molecule has 0 unspecified atom stereocenters. The van der Waals surface area contributed by atoms with Gasteiger partial charge in [-0.3, -0.25) is 9.48 Å². The van der Waals surface area contributed by atoms with E-state index < -0.39 is 0 Å². The maximum absolute atomic E-state index is 12.8. The fraction of sp³-hybridized carbons (Fsp3) is 0.647. The van der Waals surface area contributed by atoms with Gasteiger partial charge in [0.25, 0.3) is 0 Å². The lowest BCUT2D eigenvalue weighted by atomic mass is 9.91. The first-order valence-electron chi connectivity index (χ1n) is 8.18. The van der Waals surface area contributed by atoms with E-state index in [1.807, 2.05) is 10.9 Å². The van der Waals surface area contributed by atoms with Gasteiger partial charge in [0.05, 0.1) is 18.8 Å². The van der Waals surface area contributed by atoms with Gasteiger partial charge in [-0.15, -0.1) is 0 Å². The molecule has 4 heteroatoms. The number of piperidine rings is 1. The molecule has 4 nitrogen and oxygen atoms in total. The number of nitrogens with zero attached hydrogens (tertiary/aromatic N) is 3. The van der Waals surface area contributed by atoms with Crippen molar-refractivity contribution in [3.63, 3.8) is 0 Å². The van der Waals surface area contributed by atoms with Crippen LogP contribution in [-0.2, 0) is 11.3 Å². The number of aromatic nitrogens is 2. The second-order valence-electron chi connectivity index (χ2n) is 6.40. The summed E-state index contributed by atoms with van der Waals surface area (Å²) in [6.07, 6.45) is 14.8. The van der Waals surface area contributed by atoms with Gasteiger partial charge >= 0.3 is 0 Å². The van der Waals surface area contributed by atoms with Crippen LogP contribution >= 0.6 is 0 Å². The zero-order valence-corrected chi connectivity index (χ0v) is 12.9. The number of amides is 1. The zero-order chi connectivity index (χ0) is 14.7. The molecule has 1 aliphatic heterocycles. The molecule has 2 heterocycles. The summed E-state index contributed by atoms with van der Waals surface area (Å²) in [6.45, 7) is 3.81. The Hall–Kier alpha value is -1.58. The molecule has 1 fully saturated rings. The highest BCUT2D eigenvalue weighted by molar-refractivity contribution is 5.79. The molecule has 114 valence electrons. The summed E-state index contributed by atoms with van der Waals surface area (Å²) < 4.78 is 1.99. The van der Waals surface area contributed by atoms with Crippen molar-refractivity contribution < 1.29 is 4.79 Å². The van der Waals surface area contributed by atoms with E-state index in [0.29, 0.717) is 11.9 Å². The lowest BCUT2D eigenvalue weighted by Gasteiger charge is -2.38. The molecule has 0 saturated carbocycles. The maximum atomic E-state index is 12.8. The van der Waals surface area contributed by atoms with Crippen LogP contribution in [0.1, 0.15) is 44.1 Å². The average Bonchev–Trinajstić information content (AvgIpc) is 2.93. The predicted octanol–water partition coefficient (Wildman–Crippen LogP) is 2.93. The van der Waals surface area contributed by atoms with Crippen molar-refractivity contribution in [2.45, 2.75) is 58.0 Å². The fourth-order valence-corrected chi connectivity index (χ4v) is 3.52. The topological polar surface area (TPSA) is 38.1 Å². The van der Waals surface area contributed by atoms with Gasteiger partial charge in [0.1, 0.15) is 0 Å². The van der Waals surface area contributed by atoms with Crippen LogP contribution in [0.3, 0.4) is 0 Å². The van der Waals surface area contributed by atoms with Crippen molar-refractivity contribution in [2.75, 3.05) is 6.54 Å². The molecule has 1 amide bonds. The Kier molecular flexibility index (Phi) is 4.42. The molecule has 3 rings (SSSR count). The van der Waals surface area contributed by atoms with E-state index in [-0.39, 0.29) is 5.92 Å². The molecule has 1 aliphatic carbocycles. The number of allylic oxidation sites excluding steroid dienone is 2. The largest absolute Gasteiger partial charge is 0.338 e. The minimum atomic E-state index is 0.204. The Balaban J connectivity index is 1.68. The van der Waals surface area contributed by atoms with Gasteiger partial charge < -0.3 is 4.90 Å². The minimum Gasteiger partial charge on any atom is -0.338 e. The van der Waals surface area contributed by atoms with Crippen LogP contribution in [0.2, 0.25) is 0 Å². The number of carbonyl (C=O) groups is 1. The first-order valence-corrected chi connectivity index (χ1v) is 8.18. The number of hydrogen-bond donors (Lipinski definition) is 0. The first-order chi connectivity index (χ1) is 10.2. The van der Waals surface area contributed by atoms with E-state index in [1.165, 1.54) is 12.0 Å². The third-order valence-electron chi connectivity index (χ3n) is 4.69. The van der Waals surface area contributed by atoms with Crippen LogP contribution in [0.5, 0.6) is 0 Å². The summed E-state index contributed by atoms with van der Waals surface area (Å²) in [5, 5.41) is 4.38. The van der Waals surface area contributed by atoms with Crippen LogP contribution in [0.15, 0.2) is 24.5 Å². The third-order valence-corrected chi connectivity index (χ3v) is 4.69. The monoisotopic (exact) mass is 287 g/mol. The summed E-state index contributed by atoms with van der Waals surface area (Å²) in [5.74, 6) is 0.572. The standard InChI is InChI=1S/C17H25N3O/c1-14-11-18-19(12-14)13-16-9-5-6-10-20(16)17(21)15-7-3-2-4-8-15/h2-3,11-12,15-16H,4-10,13H2,1H3/t15-,16-/m0/s1. The second-order valence-corrected chi connectivity index (χ2v) is 6.40. The van der Waals surface area contributed by atoms with Crippen LogP contribution in [0.25, 0.3) is 0 Å². The Bertz CT molecular complexity index is 520. The molecule has 1 aromatic rings. The van der Waals surface area contributed by atoms with Crippen molar-refractivity contribution in [3.8, 4) is 0 Å². The van der Waals surface area contributed by atoms with Gasteiger partial charge in [-0.2, -0.15) is 5.10 Å². The van der Waals surface area contributed by atoms with Gasteiger partial charge in [-0.1, -0.05) is 12.2 Å². The highest BCUT2D eigenvalue weighted by Gasteiger charge is 2.31. The van der Waals surface area contributed by atoms with Gasteiger partial charge in [0.2, 0.25) is 5.91 Å². The predicted molar refractivity (Wildman–Crippen MR) is 82.8 cm³/mol. The molecular formula is C17H25N3O. The zero-order valence-electron chi connectivity index (χ0n) is 12.9. The number of aryl methyl sites for hydroxylation is 1. The molecule has 1 saturated heterocycles. The Morgan fingerprint density at radius 3 is 2.95 bits per heavy atom. The van der Waals surface area contributed by atoms with Crippen molar-refractivity contribution in [3.05, 3.63) is 30.1 Å². The van der Waals surface area contributed by atoms with E-state index in [4.69, 9.17) is 0 Å². The molecule has 21 heavy (non-hydrogen) atoms. The maximum Gasteiger partial charge on any atom is 0.226 e. The summed E-state index contributed by atoms with van der Waals surface area (Å²) in [6, 6.07) is 0.316. The lowest BCUT2D eigenvalue weighted by molar-refractivity contribution is -0.140. The fourth-order valence-electron chi connectivity index (χ4n) is 3.52. The number of likely N-dealkylation sites (tertiary alicyclic amines) is 1. The average molecular weight is 287 g/mol. The van der Waals surface area contributed by atoms with Crippen LogP contribution in [-0.4, -0.2) is 33.2 Å². The molecule has 0 aromatic carbocycles. The smallest absolute Gasteiger partial charge is 0.226 e. The number of carbonyl (C=O) groups excluding carboxylic acids is 1. The quantitative estimate of drug-likeness (QED) is 0.802. The molecule has 2 atom stereocenters. The number of rotatable bonds is 3. The van der Waals surface area contributed by atoms with Crippen molar-refractivity contribution in [1.29, 1.82) is 0 Å². The van der Waals surface area contributed by atoms with E-state index >= 15 is 0 Å². The van der Waals surface area contributed by atoms with Crippen LogP contribution in [0.4, 0.5) is 0 Å². The van der Waals surface area contributed by atoms with Crippen molar-refractivity contribution in [1.82, 2.24) is 14.7 Å². The highest BCUT2D eigenvalue weighted by Crippen LogP contribution is 2.26. The molecule has 1 aromatic heterocycles. The van der Waals surface area contributed by atoms with Gasteiger partial charge in [-0.05, 0) is 51.0 Å². The summed E-state index contributed by atoms with van der Waals surface area (Å²) in [5.41, 5.74) is 1.18. The summed E-state index contributed by atoms with van der Waals surface area (Å²) >= 11 is 0. The van der Waals surface area contributed by atoms with Gasteiger partial charge in [0.15, 0.2) is 0 Å². The van der Waals surface area contributed by atoms with Gasteiger partial charge in [-0.25, -0.2) is 0 Å². The van der Waals surface area contributed by atoms with Crippen LogP contribution in [0, 0.1) is 12.8 Å². The van der Waals surface area contributed by atoms with Crippen molar-refractivity contribution in [2.24, 2.45) is 5.92 Å².